The minimum atomic E-state index is -0.994. The molecule has 0 bridgehead atoms. The van der Waals surface area contributed by atoms with E-state index >= 15 is 0 Å². The van der Waals surface area contributed by atoms with Gasteiger partial charge in [0.1, 0.15) is 5.56 Å². The Morgan fingerprint density at radius 2 is 2.21 bits per heavy atom. The van der Waals surface area contributed by atoms with Crippen molar-refractivity contribution in [1.82, 2.24) is 10.2 Å². The number of hydrogen-bond donors (Lipinski definition) is 2. The average Bonchev–Trinajstić information content (AvgIpc) is 2.40. The standard InChI is InChI=1S/C14H13N3O2/c18-14(19)12-5-6-16-17-13(12)15-8-10-7-9-3-1-2-4-11(9)10/h1-6,10H,7-8H2,(H,15,17)(H,18,19). The molecule has 0 spiro atoms. The van der Waals surface area contributed by atoms with Crippen LogP contribution in [0.4, 0.5) is 5.82 Å². The molecule has 3 rings (SSSR count). The van der Waals surface area contributed by atoms with Gasteiger partial charge in [-0.15, -0.1) is 5.10 Å². The summed E-state index contributed by atoms with van der Waals surface area (Å²) in [6, 6.07) is 9.74. The van der Waals surface area contributed by atoms with Crippen LogP contribution in [0.3, 0.4) is 0 Å². The maximum Gasteiger partial charge on any atom is 0.339 e. The Labute approximate surface area is 110 Å². The molecule has 0 saturated carbocycles. The highest BCUT2D eigenvalue weighted by atomic mass is 16.4. The highest BCUT2D eigenvalue weighted by molar-refractivity contribution is 5.92. The fraction of sp³-hybridized carbons (Fsp3) is 0.214. The molecule has 1 aliphatic carbocycles. The third-order valence-electron chi connectivity index (χ3n) is 3.43. The van der Waals surface area contributed by atoms with Gasteiger partial charge in [-0.3, -0.25) is 0 Å². The highest BCUT2D eigenvalue weighted by Gasteiger charge is 2.25. The third-order valence-corrected chi connectivity index (χ3v) is 3.43. The van der Waals surface area contributed by atoms with Gasteiger partial charge in [0.15, 0.2) is 5.82 Å². The van der Waals surface area contributed by atoms with E-state index in [0.29, 0.717) is 18.3 Å². The molecule has 1 aliphatic rings. The lowest BCUT2D eigenvalue weighted by atomic mass is 9.77. The summed E-state index contributed by atoms with van der Waals surface area (Å²) in [4.78, 5) is 11.0. The van der Waals surface area contributed by atoms with E-state index in [0.717, 1.165) is 6.42 Å². The van der Waals surface area contributed by atoms with E-state index in [1.54, 1.807) is 0 Å². The van der Waals surface area contributed by atoms with Crippen molar-refractivity contribution in [2.45, 2.75) is 12.3 Å². The van der Waals surface area contributed by atoms with E-state index in [9.17, 15) is 4.79 Å². The molecule has 0 amide bonds. The first-order valence-electron chi connectivity index (χ1n) is 6.12. The summed E-state index contributed by atoms with van der Waals surface area (Å²) >= 11 is 0. The van der Waals surface area contributed by atoms with Crippen LogP contribution in [-0.4, -0.2) is 27.8 Å². The van der Waals surface area contributed by atoms with Gasteiger partial charge in [0.2, 0.25) is 0 Å². The largest absolute Gasteiger partial charge is 0.478 e. The van der Waals surface area contributed by atoms with Crippen LogP contribution in [0.15, 0.2) is 36.5 Å². The summed E-state index contributed by atoms with van der Waals surface area (Å²) in [6.45, 7) is 0.677. The van der Waals surface area contributed by atoms with Gasteiger partial charge in [0, 0.05) is 12.5 Å². The van der Waals surface area contributed by atoms with Crippen molar-refractivity contribution in [3.63, 3.8) is 0 Å². The number of fused-ring (bicyclic) bond motifs is 1. The zero-order valence-electron chi connectivity index (χ0n) is 10.2. The Hall–Kier alpha value is -2.43. The van der Waals surface area contributed by atoms with Crippen LogP contribution in [-0.2, 0) is 6.42 Å². The van der Waals surface area contributed by atoms with Crippen molar-refractivity contribution < 1.29 is 9.90 Å². The van der Waals surface area contributed by atoms with Gasteiger partial charge in [0.05, 0.1) is 6.20 Å². The van der Waals surface area contributed by atoms with E-state index in [4.69, 9.17) is 5.11 Å². The molecule has 0 fully saturated rings. The van der Waals surface area contributed by atoms with Crippen LogP contribution < -0.4 is 5.32 Å². The van der Waals surface area contributed by atoms with Crippen LogP contribution in [0.25, 0.3) is 0 Å². The second-order valence-electron chi connectivity index (χ2n) is 4.58. The number of aromatic nitrogens is 2. The van der Waals surface area contributed by atoms with Crippen molar-refractivity contribution in [2.75, 3.05) is 11.9 Å². The topological polar surface area (TPSA) is 75.1 Å². The fourth-order valence-corrected chi connectivity index (χ4v) is 2.40. The van der Waals surface area contributed by atoms with Crippen LogP contribution in [0.5, 0.6) is 0 Å². The summed E-state index contributed by atoms with van der Waals surface area (Å²) in [5, 5.41) is 19.7. The predicted molar refractivity (Wildman–Crippen MR) is 70.4 cm³/mol. The van der Waals surface area contributed by atoms with Crippen LogP contribution in [0, 0.1) is 0 Å². The first-order valence-corrected chi connectivity index (χ1v) is 6.12. The van der Waals surface area contributed by atoms with Crippen molar-refractivity contribution in [1.29, 1.82) is 0 Å². The van der Waals surface area contributed by atoms with Gasteiger partial charge < -0.3 is 10.4 Å². The van der Waals surface area contributed by atoms with Gasteiger partial charge in [0.25, 0.3) is 0 Å². The number of anilines is 1. The van der Waals surface area contributed by atoms with Gasteiger partial charge >= 0.3 is 5.97 Å². The van der Waals surface area contributed by atoms with E-state index in [1.807, 2.05) is 12.1 Å². The summed E-state index contributed by atoms with van der Waals surface area (Å²) in [5.74, 6) is -0.245. The number of carbonyl (C=O) groups is 1. The molecular formula is C14H13N3O2. The zero-order valence-corrected chi connectivity index (χ0v) is 10.2. The van der Waals surface area contributed by atoms with Crippen LogP contribution in [0.1, 0.15) is 27.4 Å². The second-order valence-corrected chi connectivity index (χ2v) is 4.58. The van der Waals surface area contributed by atoms with E-state index in [1.165, 1.54) is 23.4 Å². The molecule has 2 aromatic rings. The van der Waals surface area contributed by atoms with E-state index in [-0.39, 0.29) is 5.56 Å². The molecule has 19 heavy (non-hydrogen) atoms. The third kappa shape index (κ3) is 2.14. The Morgan fingerprint density at radius 3 is 3.00 bits per heavy atom. The van der Waals surface area contributed by atoms with Crippen molar-refractivity contribution in [2.24, 2.45) is 0 Å². The number of carboxylic acid groups (broad SMARTS) is 1. The normalized spacial score (nSPS) is 16.3. The molecule has 5 nitrogen and oxygen atoms in total. The molecule has 1 unspecified atom stereocenters. The first-order chi connectivity index (χ1) is 9.25. The number of benzene rings is 1. The Bertz CT molecular complexity index is 628. The molecule has 1 atom stereocenters. The predicted octanol–water partition coefficient (Wildman–Crippen LogP) is 1.93. The second kappa shape index (κ2) is 4.68. The molecule has 1 heterocycles. The first kappa shape index (κ1) is 11.6. The number of nitrogens with zero attached hydrogens (tertiary/aromatic N) is 2. The monoisotopic (exact) mass is 255 g/mol. The molecule has 0 radical (unpaired) electrons. The van der Waals surface area contributed by atoms with Gasteiger partial charge in [-0.1, -0.05) is 24.3 Å². The average molecular weight is 255 g/mol. The van der Waals surface area contributed by atoms with Crippen LogP contribution >= 0.6 is 0 Å². The molecule has 5 heteroatoms. The maximum absolute atomic E-state index is 11.0. The zero-order chi connectivity index (χ0) is 13.2. The smallest absolute Gasteiger partial charge is 0.339 e. The minimum absolute atomic E-state index is 0.155. The highest BCUT2D eigenvalue weighted by Crippen LogP contribution is 2.34. The number of rotatable bonds is 4. The molecule has 0 saturated heterocycles. The lowest BCUT2D eigenvalue weighted by Crippen LogP contribution is -2.25. The fourth-order valence-electron chi connectivity index (χ4n) is 2.40. The van der Waals surface area contributed by atoms with Crippen LogP contribution in [0.2, 0.25) is 0 Å². The molecule has 1 aromatic carbocycles. The van der Waals surface area contributed by atoms with Crippen molar-refractivity contribution in [3.05, 3.63) is 53.2 Å². The SMILES string of the molecule is O=C(O)c1ccnnc1NCC1Cc2ccccc21. The molecular weight excluding hydrogens is 242 g/mol. The molecule has 2 N–H and O–H groups in total. The Morgan fingerprint density at radius 1 is 1.37 bits per heavy atom. The lowest BCUT2D eigenvalue weighted by Gasteiger charge is -2.30. The minimum Gasteiger partial charge on any atom is -0.478 e. The number of nitrogens with one attached hydrogen (secondary N) is 1. The Balaban J connectivity index is 1.70. The maximum atomic E-state index is 11.0. The quantitative estimate of drug-likeness (QED) is 0.873. The summed E-state index contributed by atoms with van der Waals surface area (Å²) < 4.78 is 0. The summed E-state index contributed by atoms with van der Waals surface area (Å²) in [5.41, 5.74) is 2.85. The van der Waals surface area contributed by atoms with Crippen molar-refractivity contribution >= 4 is 11.8 Å². The van der Waals surface area contributed by atoms with Gasteiger partial charge in [-0.05, 0) is 23.6 Å². The summed E-state index contributed by atoms with van der Waals surface area (Å²) in [6.07, 6.45) is 2.40. The van der Waals surface area contributed by atoms with Gasteiger partial charge in [-0.25, -0.2) is 4.79 Å². The Kier molecular flexibility index (Phi) is 2.87. The molecule has 1 aromatic heterocycles. The molecule has 96 valence electrons. The lowest BCUT2D eigenvalue weighted by molar-refractivity contribution is 0.0697. The van der Waals surface area contributed by atoms with Crippen molar-refractivity contribution in [3.8, 4) is 0 Å². The number of aromatic carboxylic acids is 1. The summed E-state index contributed by atoms with van der Waals surface area (Å²) in [7, 11) is 0. The number of carboxylic acids is 1. The van der Waals surface area contributed by atoms with E-state index in [2.05, 4.69) is 27.6 Å². The van der Waals surface area contributed by atoms with E-state index < -0.39 is 5.97 Å². The number of hydrogen-bond acceptors (Lipinski definition) is 4. The molecule has 0 aliphatic heterocycles. The van der Waals surface area contributed by atoms with Gasteiger partial charge in [-0.2, -0.15) is 5.10 Å².